The lowest BCUT2D eigenvalue weighted by atomic mass is 9.43. The van der Waals surface area contributed by atoms with E-state index >= 15 is 0 Å². The van der Waals surface area contributed by atoms with Gasteiger partial charge in [0.25, 0.3) is 0 Å². The molecule has 134 valence electrons. The Balaban J connectivity index is 2.05. The summed E-state index contributed by atoms with van der Waals surface area (Å²) in [5, 5.41) is 19.4. The average molecular weight is 334 g/mol. The molecule has 0 aromatic rings. The van der Waals surface area contributed by atoms with Crippen LogP contribution in [0, 0.1) is 33.5 Å². The van der Waals surface area contributed by atoms with Gasteiger partial charge in [0.2, 0.25) is 0 Å². The zero-order valence-electron chi connectivity index (χ0n) is 15.3. The van der Waals surface area contributed by atoms with E-state index < -0.39 is 22.8 Å². The Morgan fingerprint density at radius 1 is 1.12 bits per heavy atom. The zero-order valence-corrected chi connectivity index (χ0v) is 15.3. The van der Waals surface area contributed by atoms with Crippen molar-refractivity contribution in [1.82, 2.24) is 0 Å². The summed E-state index contributed by atoms with van der Waals surface area (Å²) in [4.78, 5) is 23.6. The van der Waals surface area contributed by atoms with Crippen LogP contribution >= 0.6 is 0 Å². The maximum atomic E-state index is 11.9. The highest BCUT2D eigenvalue weighted by Crippen LogP contribution is 2.69. The van der Waals surface area contributed by atoms with E-state index in [0.717, 1.165) is 32.1 Å². The predicted octanol–water partition coefficient (Wildman–Crippen LogP) is 4.35. The lowest BCUT2D eigenvalue weighted by Gasteiger charge is -2.61. The van der Waals surface area contributed by atoms with Crippen molar-refractivity contribution in [2.75, 3.05) is 0 Å². The van der Waals surface area contributed by atoms with E-state index in [1.807, 2.05) is 0 Å². The molecule has 2 N–H and O–H groups in total. The Bertz CT molecular complexity index is 607. The summed E-state index contributed by atoms with van der Waals surface area (Å²) in [5.74, 6) is -1.49. The normalized spacial score (nSPS) is 44.2. The second-order valence-corrected chi connectivity index (χ2v) is 9.68. The van der Waals surface area contributed by atoms with Gasteiger partial charge in [-0.2, -0.15) is 0 Å². The number of hydrogen-bond acceptors (Lipinski definition) is 2. The number of rotatable bonds is 4. The van der Waals surface area contributed by atoms with Gasteiger partial charge in [0, 0.05) is 0 Å². The first-order chi connectivity index (χ1) is 11.0. The summed E-state index contributed by atoms with van der Waals surface area (Å²) in [6.45, 7) is 7.90. The molecule has 3 aliphatic carbocycles. The van der Waals surface area contributed by atoms with Gasteiger partial charge in [-0.3, -0.25) is 9.59 Å². The fraction of sp³-hybridized carbons (Fsp3) is 0.800. The first-order valence-electron chi connectivity index (χ1n) is 9.11. The minimum absolute atomic E-state index is 0.0609. The van der Waals surface area contributed by atoms with Crippen molar-refractivity contribution in [3.8, 4) is 0 Å². The van der Waals surface area contributed by atoms with Gasteiger partial charge in [0.05, 0.1) is 11.8 Å². The van der Waals surface area contributed by atoms with Gasteiger partial charge in [0.1, 0.15) is 0 Å². The van der Waals surface area contributed by atoms with E-state index in [1.54, 1.807) is 13.8 Å². The van der Waals surface area contributed by atoms with Crippen LogP contribution in [-0.2, 0) is 9.59 Å². The van der Waals surface area contributed by atoms with Crippen molar-refractivity contribution in [3.05, 3.63) is 12.2 Å². The zero-order chi connectivity index (χ0) is 18.0. The van der Waals surface area contributed by atoms with Gasteiger partial charge in [-0.1, -0.05) is 26.0 Å². The van der Waals surface area contributed by atoms with Crippen LogP contribution in [0.2, 0.25) is 0 Å². The van der Waals surface area contributed by atoms with Gasteiger partial charge in [-0.25, -0.2) is 0 Å². The van der Waals surface area contributed by atoms with Crippen molar-refractivity contribution in [1.29, 1.82) is 0 Å². The number of carboxylic acid groups (broad SMARTS) is 2. The SMILES string of the molecule is CC(C)(C(=O)O)[C@@H]1CC[C@]23C=C[C@@](C)(CC[C@H]2[C@]1(C)CC(=O)O)C3. The third-order valence-electron chi connectivity index (χ3n) is 7.69. The van der Waals surface area contributed by atoms with E-state index in [1.165, 1.54) is 0 Å². The predicted molar refractivity (Wildman–Crippen MR) is 91.5 cm³/mol. The fourth-order valence-electron chi connectivity index (χ4n) is 6.63. The molecular formula is C20H30O4. The molecule has 5 atom stereocenters. The molecule has 0 aromatic carbocycles. The molecule has 2 saturated carbocycles. The molecule has 2 bridgehead atoms. The molecule has 0 aromatic heterocycles. The molecule has 0 amide bonds. The number of carbonyl (C=O) groups is 2. The molecular weight excluding hydrogens is 304 g/mol. The summed E-state index contributed by atoms with van der Waals surface area (Å²) in [7, 11) is 0. The van der Waals surface area contributed by atoms with Gasteiger partial charge in [0.15, 0.2) is 0 Å². The minimum atomic E-state index is -0.908. The van der Waals surface area contributed by atoms with Crippen molar-refractivity contribution < 1.29 is 19.8 Å². The Morgan fingerprint density at radius 2 is 1.79 bits per heavy atom. The number of carboxylic acids is 2. The van der Waals surface area contributed by atoms with E-state index in [9.17, 15) is 19.8 Å². The monoisotopic (exact) mass is 334 g/mol. The molecule has 0 saturated heterocycles. The lowest BCUT2D eigenvalue weighted by Crippen LogP contribution is -2.56. The highest BCUT2D eigenvalue weighted by Gasteiger charge is 2.63. The van der Waals surface area contributed by atoms with Crippen LogP contribution in [-0.4, -0.2) is 22.2 Å². The fourth-order valence-corrected chi connectivity index (χ4v) is 6.63. The second-order valence-electron chi connectivity index (χ2n) is 9.68. The first kappa shape index (κ1) is 17.5. The van der Waals surface area contributed by atoms with Crippen molar-refractivity contribution in [2.45, 2.75) is 66.2 Å². The summed E-state index contributed by atoms with van der Waals surface area (Å²) in [6, 6.07) is 0. The standard InChI is InChI=1S/C20H30O4/c1-17(2,16(23)24)13-6-8-20-10-9-18(3,12-20)7-5-14(20)19(13,4)11-15(21)22/h9-10,13-14H,5-8,11-12H2,1-4H3,(H,21,22)(H,23,24)/t13-,14-,18+,19+,20+/m0/s1. The van der Waals surface area contributed by atoms with E-state index in [2.05, 4.69) is 26.0 Å². The first-order valence-corrected chi connectivity index (χ1v) is 9.11. The largest absolute Gasteiger partial charge is 0.481 e. The van der Waals surface area contributed by atoms with Crippen molar-refractivity contribution in [2.24, 2.45) is 33.5 Å². The maximum Gasteiger partial charge on any atom is 0.309 e. The smallest absolute Gasteiger partial charge is 0.309 e. The molecule has 2 fully saturated rings. The van der Waals surface area contributed by atoms with Gasteiger partial charge in [-0.05, 0) is 74.0 Å². The molecule has 4 nitrogen and oxygen atoms in total. The maximum absolute atomic E-state index is 11.9. The van der Waals surface area contributed by atoms with Crippen molar-refractivity contribution >= 4 is 11.9 Å². The Morgan fingerprint density at radius 3 is 2.38 bits per heavy atom. The van der Waals surface area contributed by atoms with Crippen LogP contribution in [0.25, 0.3) is 0 Å². The third-order valence-corrected chi connectivity index (χ3v) is 7.69. The van der Waals surface area contributed by atoms with E-state index in [-0.39, 0.29) is 29.1 Å². The van der Waals surface area contributed by atoms with Gasteiger partial charge < -0.3 is 10.2 Å². The van der Waals surface area contributed by atoms with Crippen LogP contribution in [0.15, 0.2) is 12.2 Å². The van der Waals surface area contributed by atoms with Crippen LogP contribution in [0.4, 0.5) is 0 Å². The van der Waals surface area contributed by atoms with Gasteiger partial charge in [-0.15, -0.1) is 0 Å². The summed E-state index contributed by atoms with van der Waals surface area (Å²) in [5.41, 5.74) is -1.07. The highest BCUT2D eigenvalue weighted by molar-refractivity contribution is 5.75. The summed E-state index contributed by atoms with van der Waals surface area (Å²) < 4.78 is 0. The summed E-state index contributed by atoms with van der Waals surface area (Å²) in [6.07, 6.45) is 9.71. The van der Waals surface area contributed by atoms with E-state index in [4.69, 9.17) is 0 Å². The van der Waals surface area contributed by atoms with Crippen molar-refractivity contribution in [3.63, 3.8) is 0 Å². The Hall–Kier alpha value is -1.32. The van der Waals surface area contributed by atoms with Crippen LogP contribution in [0.1, 0.15) is 66.2 Å². The topological polar surface area (TPSA) is 74.6 Å². The Kier molecular flexibility index (Phi) is 3.71. The second kappa shape index (κ2) is 5.09. The van der Waals surface area contributed by atoms with Gasteiger partial charge >= 0.3 is 11.9 Å². The molecule has 24 heavy (non-hydrogen) atoms. The average Bonchev–Trinajstić information content (AvgIpc) is 2.67. The van der Waals surface area contributed by atoms with Crippen LogP contribution in [0.5, 0.6) is 0 Å². The lowest BCUT2D eigenvalue weighted by molar-refractivity contribution is -0.172. The number of hydrogen-bond donors (Lipinski definition) is 2. The molecule has 3 aliphatic rings. The minimum Gasteiger partial charge on any atom is -0.481 e. The molecule has 3 rings (SSSR count). The van der Waals surface area contributed by atoms with Crippen LogP contribution in [0.3, 0.4) is 0 Å². The molecule has 0 radical (unpaired) electrons. The summed E-state index contributed by atoms with van der Waals surface area (Å²) >= 11 is 0. The number of allylic oxidation sites excluding steroid dienone is 2. The van der Waals surface area contributed by atoms with E-state index in [0.29, 0.717) is 0 Å². The molecule has 0 unspecified atom stereocenters. The number of aliphatic carboxylic acids is 2. The molecule has 0 heterocycles. The molecule has 1 spiro atoms. The van der Waals surface area contributed by atoms with Crippen LogP contribution < -0.4 is 0 Å². The number of fused-ring (bicyclic) bond motifs is 1. The third kappa shape index (κ3) is 2.33. The Labute approximate surface area is 144 Å². The quantitative estimate of drug-likeness (QED) is 0.750. The molecule has 4 heteroatoms. The molecule has 0 aliphatic heterocycles. The highest BCUT2D eigenvalue weighted by atomic mass is 16.4.